The van der Waals surface area contributed by atoms with Crippen LogP contribution in [0.15, 0.2) is 23.1 Å². The fourth-order valence-electron chi connectivity index (χ4n) is 2.93. The Bertz CT molecular complexity index is 737. The van der Waals surface area contributed by atoms with E-state index in [4.69, 9.17) is 4.74 Å². The highest BCUT2D eigenvalue weighted by atomic mass is 32.2. The molecule has 2 saturated heterocycles. The van der Waals surface area contributed by atoms with Gasteiger partial charge in [0.15, 0.2) is 0 Å². The van der Waals surface area contributed by atoms with Gasteiger partial charge >= 0.3 is 0 Å². The fraction of sp³-hybridized carbons (Fsp3) is 0.467. The Morgan fingerprint density at radius 1 is 1.04 bits per heavy atom. The molecule has 8 heteroatoms. The highest BCUT2D eigenvalue weighted by molar-refractivity contribution is 7.89. The molecule has 0 aliphatic carbocycles. The van der Waals surface area contributed by atoms with E-state index in [1.165, 1.54) is 29.6 Å². The molecule has 0 radical (unpaired) electrons. The van der Waals surface area contributed by atoms with Crippen LogP contribution in [-0.2, 0) is 19.6 Å². The third-order valence-electron chi connectivity index (χ3n) is 4.15. The van der Waals surface area contributed by atoms with Crippen molar-refractivity contribution >= 4 is 27.5 Å². The van der Waals surface area contributed by atoms with Crippen molar-refractivity contribution < 1.29 is 22.7 Å². The van der Waals surface area contributed by atoms with Gasteiger partial charge < -0.3 is 4.74 Å². The molecule has 2 aliphatic heterocycles. The van der Waals surface area contributed by atoms with E-state index in [0.29, 0.717) is 18.8 Å². The lowest BCUT2D eigenvalue weighted by atomic mass is 10.2. The number of benzene rings is 1. The SMILES string of the molecule is COc1ccc(S(=O)(=O)N2CCCC2)cc1N1C(=O)CCC1=O. The van der Waals surface area contributed by atoms with E-state index < -0.39 is 10.0 Å². The summed E-state index contributed by atoms with van der Waals surface area (Å²) in [7, 11) is -2.21. The normalized spacial score (nSPS) is 19.6. The molecule has 1 aromatic carbocycles. The number of amides is 2. The number of nitrogens with zero attached hydrogens (tertiary/aromatic N) is 2. The molecule has 0 bridgehead atoms. The summed E-state index contributed by atoms with van der Waals surface area (Å²) in [6.07, 6.45) is 1.94. The van der Waals surface area contributed by atoms with E-state index in [0.717, 1.165) is 17.7 Å². The van der Waals surface area contributed by atoms with Crippen LogP contribution in [0.25, 0.3) is 0 Å². The van der Waals surface area contributed by atoms with Gasteiger partial charge in [-0.1, -0.05) is 0 Å². The van der Waals surface area contributed by atoms with Crippen molar-refractivity contribution in [2.24, 2.45) is 0 Å². The third-order valence-corrected chi connectivity index (χ3v) is 6.04. The molecule has 2 fully saturated rings. The van der Waals surface area contributed by atoms with Crippen LogP contribution >= 0.6 is 0 Å². The van der Waals surface area contributed by atoms with Crippen molar-refractivity contribution in [2.75, 3.05) is 25.1 Å². The maximum absolute atomic E-state index is 12.7. The van der Waals surface area contributed by atoms with Crippen LogP contribution in [0.1, 0.15) is 25.7 Å². The zero-order valence-corrected chi connectivity index (χ0v) is 13.6. The first-order valence-corrected chi connectivity index (χ1v) is 8.93. The summed E-state index contributed by atoms with van der Waals surface area (Å²) in [5.41, 5.74) is 0.195. The van der Waals surface area contributed by atoms with Crippen molar-refractivity contribution in [3.05, 3.63) is 18.2 Å². The Labute approximate surface area is 134 Å². The van der Waals surface area contributed by atoms with E-state index in [1.807, 2.05) is 0 Å². The molecular formula is C15H18N2O5S. The van der Waals surface area contributed by atoms with Gasteiger partial charge in [-0.25, -0.2) is 13.3 Å². The standard InChI is InChI=1S/C15H18N2O5S/c1-22-13-5-4-11(23(20,21)16-8-2-3-9-16)10-12(13)17-14(18)6-7-15(17)19/h4-5,10H,2-3,6-9H2,1H3. The molecule has 0 saturated carbocycles. The van der Waals surface area contributed by atoms with Gasteiger partial charge in [-0.2, -0.15) is 4.31 Å². The second-order valence-corrected chi connectivity index (χ2v) is 7.51. The zero-order chi connectivity index (χ0) is 16.6. The molecule has 1 aromatic rings. The topological polar surface area (TPSA) is 84.0 Å². The Morgan fingerprint density at radius 2 is 1.65 bits per heavy atom. The molecule has 124 valence electrons. The number of imide groups is 1. The van der Waals surface area contributed by atoms with Gasteiger partial charge in [-0.15, -0.1) is 0 Å². The van der Waals surface area contributed by atoms with Crippen LogP contribution < -0.4 is 9.64 Å². The van der Waals surface area contributed by atoms with Gasteiger partial charge in [0.1, 0.15) is 5.75 Å². The molecule has 2 heterocycles. The monoisotopic (exact) mass is 338 g/mol. The zero-order valence-electron chi connectivity index (χ0n) is 12.8. The van der Waals surface area contributed by atoms with Crippen LogP contribution in [0.3, 0.4) is 0 Å². The first-order valence-electron chi connectivity index (χ1n) is 7.49. The summed E-state index contributed by atoms with van der Waals surface area (Å²) in [6.45, 7) is 0.983. The molecule has 0 aromatic heterocycles. The molecule has 0 unspecified atom stereocenters. The number of hydrogen-bond donors (Lipinski definition) is 0. The molecule has 3 rings (SSSR count). The van der Waals surface area contributed by atoms with Crippen molar-refractivity contribution in [1.82, 2.24) is 4.31 Å². The van der Waals surface area contributed by atoms with Crippen molar-refractivity contribution in [3.63, 3.8) is 0 Å². The quantitative estimate of drug-likeness (QED) is 0.769. The van der Waals surface area contributed by atoms with Gasteiger partial charge in [0, 0.05) is 25.9 Å². The maximum Gasteiger partial charge on any atom is 0.243 e. The lowest BCUT2D eigenvalue weighted by Gasteiger charge is -2.20. The van der Waals surface area contributed by atoms with Crippen molar-refractivity contribution in [1.29, 1.82) is 0 Å². The largest absolute Gasteiger partial charge is 0.495 e. The summed E-state index contributed by atoms with van der Waals surface area (Å²) < 4.78 is 31.9. The first-order chi connectivity index (χ1) is 10.9. The van der Waals surface area contributed by atoms with E-state index in [-0.39, 0.29) is 35.2 Å². The van der Waals surface area contributed by atoms with Crippen molar-refractivity contribution in [3.8, 4) is 5.75 Å². The summed E-state index contributed by atoms with van der Waals surface area (Å²) in [6, 6.07) is 4.28. The molecular weight excluding hydrogens is 320 g/mol. The number of carbonyl (C=O) groups is 2. The molecule has 0 N–H and O–H groups in total. The van der Waals surface area contributed by atoms with Gasteiger partial charge in [0.2, 0.25) is 21.8 Å². The number of methoxy groups -OCH3 is 1. The van der Waals surface area contributed by atoms with Gasteiger partial charge in [-0.3, -0.25) is 9.59 Å². The van der Waals surface area contributed by atoms with E-state index in [2.05, 4.69) is 0 Å². The first kappa shape index (κ1) is 15.9. The molecule has 23 heavy (non-hydrogen) atoms. The van der Waals surface area contributed by atoms with E-state index in [1.54, 1.807) is 0 Å². The van der Waals surface area contributed by atoms with Gasteiger partial charge in [0.05, 0.1) is 17.7 Å². The fourth-order valence-corrected chi connectivity index (χ4v) is 4.47. The minimum absolute atomic E-state index is 0.0719. The minimum Gasteiger partial charge on any atom is -0.495 e. The Hall–Kier alpha value is -1.93. The number of ether oxygens (including phenoxy) is 1. The maximum atomic E-state index is 12.7. The Kier molecular flexibility index (Phi) is 4.11. The number of rotatable bonds is 4. The summed E-state index contributed by atoms with van der Waals surface area (Å²) in [4.78, 5) is 25.0. The minimum atomic E-state index is -3.62. The van der Waals surface area contributed by atoms with Crippen LogP contribution in [-0.4, -0.2) is 44.7 Å². The second-order valence-electron chi connectivity index (χ2n) is 5.57. The summed E-state index contributed by atoms with van der Waals surface area (Å²) >= 11 is 0. The van der Waals surface area contributed by atoms with E-state index in [9.17, 15) is 18.0 Å². The van der Waals surface area contributed by atoms with Crippen LogP contribution in [0.2, 0.25) is 0 Å². The van der Waals surface area contributed by atoms with Gasteiger partial charge in [-0.05, 0) is 31.0 Å². The average Bonchev–Trinajstić information content (AvgIpc) is 3.17. The molecule has 2 aliphatic rings. The smallest absolute Gasteiger partial charge is 0.243 e. The van der Waals surface area contributed by atoms with Crippen LogP contribution in [0.4, 0.5) is 5.69 Å². The lowest BCUT2D eigenvalue weighted by molar-refractivity contribution is -0.121. The predicted octanol–water partition coefficient (Wildman–Crippen LogP) is 1.13. The molecule has 0 spiro atoms. The predicted molar refractivity (Wildman–Crippen MR) is 82.7 cm³/mol. The highest BCUT2D eigenvalue weighted by Crippen LogP contribution is 2.35. The van der Waals surface area contributed by atoms with E-state index >= 15 is 0 Å². The number of sulfonamides is 1. The second kappa shape index (κ2) is 5.93. The Balaban J connectivity index is 2.06. The van der Waals surface area contributed by atoms with Crippen molar-refractivity contribution in [2.45, 2.75) is 30.6 Å². The third kappa shape index (κ3) is 2.72. The lowest BCUT2D eigenvalue weighted by Crippen LogP contribution is -2.30. The molecule has 2 amide bonds. The number of anilines is 1. The molecule has 0 atom stereocenters. The van der Waals surface area contributed by atoms with Gasteiger partial charge in [0.25, 0.3) is 0 Å². The average molecular weight is 338 g/mol. The number of carbonyl (C=O) groups excluding carboxylic acids is 2. The molecule has 7 nitrogen and oxygen atoms in total. The number of hydrogen-bond acceptors (Lipinski definition) is 5. The van der Waals surface area contributed by atoms with Crippen LogP contribution in [0.5, 0.6) is 5.75 Å². The summed E-state index contributed by atoms with van der Waals surface area (Å²) in [5.74, 6) is -0.387. The van der Waals surface area contributed by atoms with Crippen LogP contribution in [0, 0.1) is 0 Å². The highest BCUT2D eigenvalue weighted by Gasteiger charge is 2.34. The summed E-state index contributed by atoms with van der Waals surface area (Å²) in [5, 5.41) is 0. The Morgan fingerprint density at radius 3 is 2.22 bits per heavy atom.